The van der Waals surface area contributed by atoms with E-state index in [4.69, 9.17) is 21.2 Å². The Bertz CT molecular complexity index is 1040. The number of aromatic nitrogens is 2. The first-order valence-electron chi connectivity index (χ1n) is 9.14. The Hall–Kier alpha value is -2.22. The monoisotopic (exact) mass is 411 g/mol. The van der Waals surface area contributed by atoms with Crippen LogP contribution in [0, 0.1) is 6.92 Å². The smallest absolute Gasteiger partial charge is 0.521 e. The van der Waals surface area contributed by atoms with Gasteiger partial charge in [-0.25, -0.2) is 9.97 Å². The Morgan fingerprint density at radius 2 is 1.96 bits per heavy atom. The zero-order chi connectivity index (χ0) is 19.7. The Labute approximate surface area is 173 Å². The molecule has 5 nitrogen and oxygen atoms in total. The van der Waals surface area contributed by atoms with Gasteiger partial charge in [0.25, 0.3) is 0 Å². The highest BCUT2D eigenvalue weighted by Gasteiger charge is 2.24. The number of thiophene rings is 1. The summed E-state index contributed by atoms with van der Waals surface area (Å²) in [5.74, 6) is 1.21. The molecular weight excluding hydrogens is 393 g/mol. The quantitative estimate of drug-likeness (QED) is 0.641. The molecule has 2 aromatic heterocycles. The molecule has 0 bridgehead atoms. The summed E-state index contributed by atoms with van der Waals surface area (Å²) < 4.78 is 6.03. The highest BCUT2D eigenvalue weighted by molar-refractivity contribution is 7.19. The maximum Gasteiger partial charge on any atom is 0.546 e. The van der Waals surface area contributed by atoms with Crippen LogP contribution < -0.4 is 0 Å². The fourth-order valence-electron chi connectivity index (χ4n) is 3.29. The molecule has 3 aromatic rings. The van der Waals surface area contributed by atoms with Crippen molar-refractivity contribution in [3.05, 3.63) is 68.8 Å². The molecule has 142 valence electrons. The van der Waals surface area contributed by atoms with Gasteiger partial charge in [-0.2, -0.15) is 0 Å². The molecule has 0 saturated carbocycles. The molecule has 0 aliphatic carbocycles. The number of nitrogens with zero attached hydrogens (tertiary/aromatic N) is 3. The van der Waals surface area contributed by atoms with Crippen LogP contribution in [0.25, 0.3) is 10.7 Å². The van der Waals surface area contributed by atoms with E-state index in [9.17, 15) is 5.02 Å². The van der Waals surface area contributed by atoms with E-state index in [1.807, 2.05) is 43.3 Å². The van der Waals surface area contributed by atoms with Crippen molar-refractivity contribution in [3.63, 3.8) is 0 Å². The van der Waals surface area contributed by atoms with E-state index < -0.39 is 7.12 Å². The number of halogens is 1. The second-order valence-corrected chi connectivity index (χ2v) is 8.32. The fourth-order valence-corrected chi connectivity index (χ4v) is 4.27. The Morgan fingerprint density at radius 3 is 2.57 bits per heavy atom. The summed E-state index contributed by atoms with van der Waals surface area (Å²) in [6, 6.07) is 11.9. The van der Waals surface area contributed by atoms with Crippen molar-refractivity contribution in [1.29, 1.82) is 0 Å². The third-order valence-corrected chi connectivity index (χ3v) is 5.88. The first-order chi connectivity index (χ1) is 13.5. The third kappa shape index (κ3) is 3.97. The maximum absolute atomic E-state index is 9.46. The summed E-state index contributed by atoms with van der Waals surface area (Å²) in [6.07, 6.45) is 1.88. The zero-order valence-electron chi connectivity index (χ0n) is 15.6. The van der Waals surface area contributed by atoms with Gasteiger partial charge in [-0.3, -0.25) is 4.99 Å². The lowest BCUT2D eigenvalue weighted by Gasteiger charge is -2.12. The molecule has 0 saturated heterocycles. The Morgan fingerprint density at radius 1 is 1.18 bits per heavy atom. The van der Waals surface area contributed by atoms with Crippen molar-refractivity contribution in [1.82, 2.24) is 9.97 Å². The van der Waals surface area contributed by atoms with Crippen molar-refractivity contribution in [2.75, 3.05) is 6.44 Å². The first-order valence-corrected chi connectivity index (χ1v) is 10.3. The Kier molecular flexibility index (Phi) is 5.48. The van der Waals surface area contributed by atoms with Gasteiger partial charge >= 0.3 is 7.12 Å². The number of benzene rings is 1. The van der Waals surface area contributed by atoms with Crippen LogP contribution >= 0.6 is 22.9 Å². The van der Waals surface area contributed by atoms with E-state index in [0.29, 0.717) is 5.90 Å². The first kappa shape index (κ1) is 19.1. The largest absolute Gasteiger partial charge is 0.546 e. The number of hydrogen-bond donors (Lipinski definition) is 1. The molecule has 0 atom stereocenters. The molecule has 8 heteroatoms. The molecular formula is C20H19BClN3O2S. The molecule has 0 unspecified atom stereocenters. The average Bonchev–Trinajstić information content (AvgIpc) is 3.31. The van der Waals surface area contributed by atoms with Gasteiger partial charge in [0, 0.05) is 17.7 Å². The number of rotatable bonds is 5. The van der Waals surface area contributed by atoms with Gasteiger partial charge in [-0.1, -0.05) is 30.7 Å². The van der Waals surface area contributed by atoms with Crippen LogP contribution in [0.5, 0.6) is 0 Å². The Balaban J connectivity index is 1.62. The minimum atomic E-state index is -0.838. The molecule has 4 rings (SSSR count). The number of aryl methyl sites for hydroxylation is 1. The van der Waals surface area contributed by atoms with Crippen molar-refractivity contribution in [3.8, 4) is 10.7 Å². The van der Waals surface area contributed by atoms with Gasteiger partial charge in [0.2, 0.25) is 0 Å². The standard InChI is InChI=1S/C20H19BClN3O2S/c1-3-15-12(2)24-19(17-8-9-18(22)28-17)25-16(15)10-13-4-6-14(7-5-13)20-23-11-21(26)27-20/h4-9,26H,3,10-11H2,1-2H3. The lowest BCUT2D eigenvalue weighted by molar-refractivity contribution is 0.428. The van der Waals surface area contributed by atoms with Crippen LogP contribution in [-0.4, -0.2) is 34.5 Å². The average molecular weight is 412 g/mol. The molecule has 0 radical (unpaired) electrons. The highest BCUT2D eigenvalue weighted by atomic mass is 35.5. The zero-order valence-corrected chi connectivity index (χ0v) is 17.2. The van der Waals surface area contributed by atoms with E-state index >= 15 is 0 Å². The van der Waals surface area contributed by atoms with Gasteiger partial charge in [0.15, 0.2) is 11.7 Å². The molecule has 0 amide bonds. The summed E-state index contributed by atoms with van der Waals surface area (Å²) in [5, 5.41) is 9.46. The second-order valence-electron chi connectivity index (χ2n) is 6.61. The van der Waals surface area contributed by atoms with Crippen LogP contribution in [0.3, 0.4) is 0 Å². The van der Waals surface area contributed by atoms with Crippen LogP contribution in [0.2, 0.25) is 4.34 Å². The lowest BCUT2D eigenvalue weighted by atomic mass is 9.93. The molecule has 28 heavy (non-hydrogen) atoms. The van der Waals surface area contributed by atoms with Crippen LogP contribution in [0.1, 0.15) is 35.0 Å². The molecule has 0 fully saturated rings. The summed E-state index contributed by atoms with van der Waals surface area (Å²) >= 11 is 7.57. The SMILES string of the molecule is CCc1c(C)nc(-c2ccc(Cl)s2)nc1Cc1ccc(C2=NCB(O)O2)cc1. The van der Waals surface area contributed by atoms with Crippen molar-refractivity contribution in [2.24, 2.45) is 4.99 Å². The minimum absolute atomic E-state index is 0.284. The maximum atomic E-state index is 9.46. The van der Waals surface area contributed by atoms with Gasteiger partial charge < -0.3 is 9.68 Å². The van der Waals surface area contributed by atoms with E-state index in [-0.39, 0.29) is 6.44 Å². The van der Waals surface area contributed by atoms with Gasteiger partial charge in [0.1, 0.15) is 0 Å². The van der Waals surface area contributed by atoms with Crippen LogP contribution in [0.4, 0.5) is 0 Å². The molecule has 1 N–H and O–H groups in total. The molecule has 1 aliphatic heterocycles. The summed E-state index contributed by atoms with van der Waals surface area (Å²) in [4.78, 5) is 14.7. The molecule has 0 spiro atoms. The number of hydrogen-bond acceptors (Lipinski definition) is 6. The predicted molar refractivity (Wildman–Crippen MR) is 114 cm³/mol. The van der Waals surface area contributed by atoms with E-state index in [1.165, 1.54) is 16.9 Å². The van der Waals surface area contributed by atoms with Crippen molar-refractivity contribution in [2.45, 2.75) is 26.7 Å². The van der Waals surface area contributed by atoms with Crippen molar-refractivity contribution < 1.29 is 9.68 Å². The topological polar surface area (TPSA) is 67.6 Å². The van der Waals surface area contributed by atoms with Crippen LogP contribution in [0.15, 0.2) is 41.4 Å². The van der Waals surface area contributed by atoms with E-state index in [2.05, 4.69) is 16.9 Å². The van der Waals surface area contributed by atoms with Gasteiger partial charge in [-0.05, 0) is 48.7 Å². The van der Waals surface area contributed by atoms with Gasteiger partial charge in [0.05, 0.1) is 21.4 Å². The summed E-state index contributed by atoms with van der Waals surface area (Å²) in [7, 11) is -0.838. The highest BCUT2D eigenvalue weighted by Crippen LogP contribution is 2.30. The molecule has 3 heterocycles. The molecule has 1 aromatic carbocycles. The third-order valence-electron chi connectivity index (χ3n) is 4.66. The van der Waals surface area contributed by atoms with Crippen LogP contribution in [-0.2, 0) is 17.5 Å². The summed E-state index contributed by atoms with van der Waals surface area (Å²) in [6.45, 7) is 4.16. The van der Waals surface area contributed by atoms with E-state index in [1.54, 1.807) is 0 Å². The lowest BCUT2D eigenvalue weighted by Crippen LogP contribution is -2.18. The normalized spacial score (nSPS) is 13.6. The molecule has 1 aliphatic rings. The summed E-state index contributed by atoms with van der Waals surface area (Å²) in [5.41, 5.74) is 5.23. The van der Waals surface area contributed by atoms with Gasteiger partial charge in [-0.15, -0.1) is 11.3 Å². The van der Waals surface area contributed by atoms with E-state index in [0.717, 1.165) is 50.4 Å². The minimum Gasteiger partial charge on any atom is -0.521 e. The number of aliphatic imine (C=N–C) groups is 1. The second kappa shape index (κ2) is 8.03. The van der Waals surface area contributed by atoms with Crippen molar-refractivity contribution >= 4 is 36.0 Å². The fraction of sp³-hybridized carbons (Fsp3) is 0.250. The predicted octanol–water partition coefficient (Wildman–Crippen LogP) is 4.12.